The van der Waals surface area contributed by atoms with E-state index in [9.17, 15) is 9.59 Å². The van der Waals surface area contributed by atoms with E-state index in [4.69, 9.17) is 19.8 Å². The van der Waals surface area contributed by atoms with Crippen molar-refractivity contribution in [2.75, 3.05) is 38.6 Å². The Morgan fingerprint density at radius 2 is 1.97 bits per heavy atom. The van der Waals surface area contributed by atoms with Gasteiger partial charge in [0, 0.05) is 25.7 Å². The third kappa shape index (κ3) is 6.21. The smallest absolute Gasteiger partial charge is 0.410 e. The molecule has 15 heteroatoms. The molecule has 1 atom stereocenters. The normalized spacial score (nSPS) is 18.4. The number of ether oxygens (including phenoxy) is 2. The predicted octanol–water partition coefficient (Wildman–Crippen LogP) is 1.20. The van der Waals surface area contributed by atoms with Gasteiger partial charge in [-0.1, -0.05) is 11.6 Å². The van der Waals surface area contributed by atoms with Crippen molar-refractivity contribution in [3.05, 3.63) is 41.2 Å². The Balaban J connectivity index is 1.25. The van der Waals surface area contributed by atoms with Gasteiger partial charge in [-0.2, -0.15) is 9.78 Å². The van der Waals surface area contributed by atoms with Gasteiger partial charge in [0.2, 0.25) is 11.6 Å². The highest BCUT2D eigenvalue weighted by molar-refractivity contribution is 5.94. The Morgan fingerprint density at radius 1 is 1.18 bits per heavy atom. The summed E-state index contributed by atoms with van der Waals surface area (Å²) < 4.78 is 16.8. The molecule has 5 rings (SSSR count). The molecule has 1 aromatic carbocycles. The number of benzene rings is 1. The lowest BCUT2D eigenvalue weighted by Crippen LogP contribution is -2.42. The van der Waals surface area contributed by atoms with Crippen LogP contribution in [-0.4, -0.2) is 92.2 Å². The van der Waals surface area contributed by atoms with Crippen LogP contribution in [0.25, 0.3) is 5.82 Å². The number of piperidine rings is 1. The van der Waals surface area contributed by atoms with Gasteiger partial charge in [-0.05, 0) is 66.5 Å². The molecule has 206 valence electrons. The second-order valence-electron chi connectivity index (χ2n) is 9.32. The molecule has 0 unspecified atom stereocenters. The first kappa shape index (κ1) is 26.2. The van der Waals surface area contributed by atoms with Crippen LogP contribution in [0.15, 0.2) is 34.0 Å². The number of rotatable bonds is 7. The fourth-order valence-corrected chi connectivity index (χ4v) is 4.46. The Labute approximate surface area is 223 Å². The summed E-state index contributed by atoms with van der Waals surface area (Å²) in [4.78, 5) is 29.1. The number of nitrogens with one attached hydrogen (secondary N) is 1. The molecule has 0 radical (unpaired) electrons. The molecule has 2 aromatic heterocycles. The van der Waals surface area contributed by atoms with E-state index >= 15 is 0 Å². The summed E-state index contributed by atoms with van der Waals surface area (Å²) in [6.07, 6.45) is 4.34. The van der Waals surface area contributed by atoms with Crippen molar-refractivity contribution in [1.29, 1.82) is 0 Å². The number of anilines is 1. The molecule has 2 aliphatic rings. The fraction of sp³-hybridized carbons (Fsp3) is 0.458. The van der Waals surface area contributed by atoms with Crippen molar-refractivity contribution in [2.24, 2.45) is 5.10 Å². The number of morpholine rings is 1. The van der Waals surface area contributed by atoms with Crippen LogP contribution >= 0.6 is 0 Å². The molecule has 0 saturated carbocycles. The molecule has 0 spiro atoms. The SMILES string of the molecule is C[C@@H]1CCCCN1Cc1c(C(=O)N/N=C/c2ccc(OC(=O)N3CCOCC3)cc2)nnn1-c1nonc1N. The number of hydrogen-bond acceptors (Lipinski definition) is 12. The summed E-state index contributed by atoms with van der Waals surface area (Å²) in [5.74, 6) is 0.0711. The van der Waals surface area contributed by atoms with Crippen LogP contribution in [0.3, 0.4) is 0 Å². The number of carbonyl (C=O) groups is 2. The molecule has 3 aromatic rings. The number of hydrogen-bond donors (Lipinski definition) is 2. The van der Waals surface area contributed by atoms with Crippen molar-refractivity contribution in [2.45, 2.75) is 38.8 Å². The van der Waals surface area contributed by atoms with E-state index in [0.717, 1.165) is 25.8 Å². The topological polar surface area (TPSA) is 179 Å². The molecule has 3 N–H and O–H groups in total. The highest BCUT2D eigenvalue weighted by Gasteiger charge is 2.28. The van der Waals surface area contributed by atoms with Crippen LogP contribution in [0.2, 0.25) is 0 Å². The van der Waals surface area contributed by atoms with Crippen LogP contribution < -0.4 is 15.9 Å². The van der Waals surface area contributed by atoms with Gasteiger partial charge < -0.3 is 20.1 Å². The average Bonchev–Trinajstić information content (AvgIpc) is 3.57. The first-order valence-corrected chi connectivity index (χ1v) is 12.7. The highest BCUT2D eigenvalue weighted by Crippen LogP contribution is 2.23. The van der Waals surface area contributed by atoms with Gasteiger partial charge >= 0.3 is 6.09 Å². The van der Waals surface area contributed by atoms with Crippen LogP contribution in [0.4, 0.5) is 10.6 Å². The van der Waals surface area contributed by atoms with Crippen molar-refractivity contribution in [3.63, 3.8) is 0 Å². The van der Waals surface area contributed by atoms with E-state index in [2.05, 4.69) is 43.0 Å². The summed E-state index contributed by atoms with van der Waals surface area (Å²) in [7, 11) is 0. The molecule has 2 saturated heterocycles. The van der Waals surface area contributed by atoms with Gasteiger partial charge in [-0.3, -0.25) is 9.69 Å². The quantitative estimate of drug-likeness (QED) is 0.326. The maximum atomic E-state index is 13.1. The number of amides is 2. The Kier molecular flexibility index (Phi) is 8.07. The molecular formula is C24H30N10O5. The lowest BCUT2D eigenvalue weighted by atomic mass is 10.0. The number of likely N-dealkylation sites (tertiary alicyclic amines) is 1. The molecule has 2 amide bonds. The van der Waals surface area contributed by atoms with Gasteiger partial charge in [-0.25, -0.2) is 14.8 Å². The first-order chi connectivity index (χ1) is 19.0. The Bertz CT molecular complexity index is 1320. The summed E-state index contributed by atoms with van der Waals surface area (Å²) in [5.41, 5.74) is 9.67. The largest absolute Gasteiger partial charge is 0.415 e. The zero-order chi connectivity index (χ0) is 27.2. The third-order valence-corrected chi connectivity index (χ3v) is 6.70. The van der Waals surface area contributed by atoms with Crippen molar-refractivity contribution in [3.8, 4) is 11.6 Å². The van der Waals surface area contributed by atoms with Crippen molar-refractivity contribution < 1.29 is 23.7 Å². The molecule has 0 aliphatic carbocycles. The molecule has 2 fully saturated rings. The summed E-state index contributed by atoms with van der Waals surface area (Å²) >= 11 is 0. The first-order valence-electron chi connectivity index (χ1n) is 12.7. The third-order valence-electron chi connectivity index (χ3n) is 6.70. The van der Waals surface area contributed by atoms with Crippen LogP contribution in [0.1, 0.15) is 47.9 Å². The summed E-state index contributed by atoms with van der Waals surface area (Å²) in [5, 5.41) is 19.7. The second-order valence-corrected chi connectivity index (χ2v) is 9.32. The van der Waals surface area contributed by atoms with Crippen LogP contribution in [0, 0.1) is 0 Å². The number of hydrazone groups is 1. The number of nitrogens with two attached hydrogens (primary N) is 1. The highest BCUT2D eigenvalue weighted by atomic mass is 16.6. The summed E-state index contributed by atoms with van der Waals surface area (Å²) in [6, 6.07) is 7.08. The van der Waals surface area contributed by atoms with Gasteiger partial charge in [0.1, 0.15) is 5.75 Å². The van der Waals surface area contributed by atoms with E-state index in [1.54, 1.807) is 29.2 Å². The molecular weight excluding hydrogens is 508 g/mol. The molecule has 15 nitrogen and oxygen atoms in total. The Hall–Kier alpha value is -4.37. The maximum absolute atomic E-state index is 13.1. The van der Waals surface area contributed by atoms with Gasteiger partial charge in [0.05, 0.1) is 25.1 Å². The zero-order valence-electron chi connectivity index (χ0n) is 21.5. The second kappa shape index (κ2) is 12.0. The van der Waals surface area contributed by atoms with E-state index in [1.165, 1.54) is 10.9 Å². The van der Waals surface area contributed by atoms with E-state index in [-0.39, 0.29) is 17.3 Å². The molecule has 2 aliphatic heterocycles. The zero-order valence-corrected chi connectivity index (χ0v) is 21.5. The van der Waals surface area contributed by atoms with Crippen molar-refractivity contribution >= 4 is 24.0 Å². The molecule has 0 bridgehead atoms. The summed E-state index contributed by atoms with van der Waals surface area (Å²) in [6.45, 7) is 5.44. The van der Waals surface area contributed by atoms with Gasteiger partial charge in [0.25, 0.3) is 5.91 Å². The van der Waals surface area contributed by atoms with E-state index < -0.39 is 12.0 Å². The van der Waals surface area contributed by atoms with E-state index in [1.807, 2.05) is 0 Å². The minimum absolute atomic E-state index is 0.0388. The molecule has 4 heterocycles. The lowest BCUT2D eigenvalue weighted by molar-refractivity contribution is 0.0416. The van der Waals surface area contributed by atoms with Crippen molar-refractivity contribution in [1.82, 2.24) is 40.5 Å². The van der Waals surface area contributed by atoms with Gasteiger partial charge in [0.15, 0.2) is 5.69 Å². The standard InChI is InChI=1S/C24H30N10O5/c1-16-4-2-3-9-33(16)15-19-20(27-31-34(19)22-21(25)29-39-30-22)23(35)28-26-14-17-5-7-18(8-6-17)38-24(36)32-10-12-37-13-11-32/h5-8,14,16H,2-4,9-13,15H2,1H3,(H2,25,29)(H,28,35)/b26-14+/t16-/m1/s1. The van der Waals surface area contributed by atoms with Gasteiger partial charge in [-0.15, -0.1) is 5.10 Å². The Morgan fingerprint density at radius 3 is 2.69 bits per heavy atom. The van der Waals surface area contributed by atoms with Crippen LogP contribution in [0.5, 0.6) is 5.75 Å². The predicted molar refractivity (Wildman–Crippen MR) is 137 cm³/mol. The molecule has 39 heavy (non-hydrogen) atoms. The van der Waals surface area contributed by atoms with Crippen LogP contribution in [-0.2, 0) is 11.3 Å². The maximum Gasteiger partial charge on any atom is 0.415 e. The number of nitrogen functional groups attached to an aromatic ring is 1. The fourth-order valence-electron chi connectivity index (χ4n) is 4.46. The number of nitrogens with zero attached hydrogens (tertiary/aromatic N) is 8. The minimum atomic E-state index is -0.539. The minimum Gasteiger partial charge on any atom is -0.410 e. The monoisotopic (exact) mass is 538 g/mol. The van der Waals surface area contributed by atoms with E-state index in [0.29, 0.717) is 55.9 Å². The average molecular weight is 539 g/mol. The lowest BCUT2D eigenvalue weighted by Gasteiger charge is -2.33. The number of aromatic nitrogens is 5. The number of carbonyl (C=O) groups excluding carboxylic acids is 2.